The largest absolute Gasteiger partial charge is 0.310 e. The van der Waals surface area contributed by atoms with Crippen molar-refractivity contribution < 1.29 is 4.79 Å². The van der Waals surface area contributed by atoms with Crippen LogP contribution in [0.3, 0.4) is 0 Å². The molecular formula is C19H15Cl2N3O2. The Kier molecular flexibility index (Phi) is 5.40. The second-order valence-electron chi connectivity index (χ2n) is 5.71. The van der Waals surface area contributed by atoms with Crippen LogP contribution in [0, 0.1) is 6.92 Å². The van der Waals surface area contributed by atoms with Crippen molar-refractivity contribution in [2.75, 3.05) is 5.32 Å². The molecule has 0 saturated heterocycles. The summed E-state index contributed by atoms with van der Waals surface area (Å²) in [5.41, 5.74) is 1.16. The minimum absolute atomic E-state index is 0.0302. The van der Waals surface area contributed by atoms with E-state index in [0.717, 1.165) is 11.1 Å². The average molecular weight is 388 g/mol. The Morgan fingerprint density at radius 1 is 1.19 bits per heavy atom. The molecule has 0 aliphatic heterocycles. The standard InChI is InChI=1S/C19H15Cl2N3O2/c1-12-4-2-8-22-17(12)23-18(25)15-5-3-9-24(19(15)26)11-13-6-7-14(20)10-16(13)21/h2-10H,11H2,1H3,(H,22,23,25). The van der Waals surface area contributed by atoms with E-state index in [-0.39, 0.29) is 12.1 Å². The summed E-state index contributed by atoms with van der Waals surface area (Å²) in [7, 11) is 0. The van der Waals surface area contributed by atoms with Gasteiger partial charge in [0.15, 0.2) is 0 Å². The molecule has 0 aliphatic rings. The third-order valence-corrected chi connectivity index (χ3v) is 4.45. The van der Waals surface area contributed by atoms with Crippen molar-refractivity contribution in [3.8, 4) is 0 Å². The Balaban J connectivity index is 1.88. The molecule has 0 unspecified atom stereocenters. The first-order chi connectivity index (χ1) is 12.5. The second-order valence-corrected chi connectivity index (χ2v) is 6.56. The van der Waals surface area contributed by atoms with Gasteiger partial charge < -0.3 is 9.88 Å². The zero-order chi connectivity index (χ0) is 18.7. The van der Waals surface area contributed by atoms with Crippen molar-refractivity contribution in [1.29, 1.82) is 0 Å². The van der Waals surface area contributed by atoms with Crippen molar-refractivity contribution in [3.63, 3.8) is 0 Å². The van der Waals surface area contributed by atoms with Gasteiger partial charge >= 0.3 is 0 Å². The number of carbonyl (C=O) groups is 1. The van der Waals surface area contributed by atoms with Crippen LogP contribution < -0.4 is 10.9 Å². The van der Waals surface area contributed by atoms with Gasteiger partial charge in [-0.05, 0) is 48.4 Å². The summed E-state index contributed by atoms with van der Waals surface area (Å²) < 4.78 is 1.43. The van der Waals surface area contributed by atoms with E-state index in [1.165, 1.54) is 10.6 Å². The van der Waals surface area contributed by atoms with Gasteiger partial charge in [-0.25, -0.2) is 4.98 Å². The number of carbonyl (C=O) groups excluding carboxylic acids is 1. The summed E-state index contributed by atoms with van der Waals surface area (Å²) in [5, 5.41) is 3.65. The molecule has 2 aromatic heterocycles. The number of hydrogen-bond acceptors (Lipinski definition) is 3. The fourth-order valence-corrected chi connectivity index (χ4v) is 2.93. The van der Waals surface area contributed by atoms with Gasteiger partial charge in [0.05, 0.1) is 6.54 Å². The van der Waals surface area contributed by atoms with E-state index in [1.54, 1.807) is 42.7 Å². The van der Waals surface area contributed by atoms with E-state index in [1.807, 2.05) is 13.0 Å². The number of benzene rings is 1. The first-order valence-electron chi connectivity index (χ1n) is 7.82. The number of amides is 1. The molecule has 3 rings (SSSR count). The molecule has 132 valence electrons. The Hall–Kier alpha value is -2.63. The van der Waals surface area contributed by atoms with Crippen molar-refractivity contribution in [2.24, 2.45) is 0 Å². The quantitative estimate of drug-likeness (QED) is 0.730. The highest BCUT2D eigenvalue weighted by Crippen LogP contribution is 2.21. The summed E-state index contributed by atoms with van der Waals surface area (Å²) in [6.07, 6.45) is 3.19. The van der Waals surface area contributed by atoms with Gasteiger partial charge in [0.1, 0.15) is 11.4 Å². The topological polar surface area (TPSA) is 64.0 Å². The Bertz CT molecular complexity index is 1030. The van der Waals surface area contributed by atoms with Crippen molar-refractivity contribution in [1.82, 2.24) is 9.55 Å². The van der Waals surface area contributed by atoms with E-state index in [9.17, 15) is 9.59 Å². The molecule has 0 bridgehead atoms. The molecule has 0 atom stereocenters. The molecule has 2 heterocycles. The number of anilines is 1. The third-order valence-electron chi connectivity index (χ3n) is 3.86. The van der Waals surface area contributed by atoms with E-state index in [4.69, 9.17) is 23.2 Å². The average Bonchev–Trinajstić information content (AvgIpc) is 2.61. The maximum atomic E-state index is 12.7. The predicted octanol–water partition coefficient (Wildman–Crippen LogP) is 4.16. The normalized spacial score (nSPS) is 10.6. The lowest BCUT2D eigenvalue weighted by molar-refractivity contribution is 0.102. The minimum atomic E-state index is -0.506. The number of nitrogens with zero attached hydrogens (tertiary/aromatic N) is 2. The summed E-state index contributed by atoms with van der Waals surface area (Å²) in [6, 6.07) is 11.8. The maximum Gasteiger partial charge on any atom is 0.263 e. The van der Waals surface area contributed by atoms with Crippen LogP contribution in [0.1, 0.15) is 21.5 Å². The molecule has 1 aromatic carbocycles. The molecule has 0 spiro atoms. The fraction of sp³-hybridized carbons (Fsp3) is 0.105. The van der Waals surface area contributed by atoms with Crippen molar-refractivity contribution >= 4 is 34.9 Å². The van der Waals surface area contributed by atoms with Crippen LogP contribution in [0.25, 0.3) is 0 Å². The zero-order valence-electron chi connectivity index (χ0n) is 13.9. The van der Waals surface area contributed by atoms with Crippen LogP contribution in [0.4, 0.5) is 5.82 Å². The van der Waals surface area contributed by atoms with E-state index in [2.05, 4.69) is 10.3 Å². The lowest BCUT2D eigenvalue weighted by Gasteiger charge is -2.10. The number of hydrogen-bond donors (Lipinski definition) is 1. The first kappa shape index (κ1) is 18.2. The SMILES string of the molecule is Cc1cccnc1NC(=O)c1cccn(Cc2ccc(Cl)cc2Cl)c1=O. The molecule has 0 radical (unpaired) electrons. The molecule has 5 nitrogen and oxygen atoms in total. The van der Waals surface area contributed by atoms with E-state index in [0.29, 0.717) is 15.9 Å². The molecule has 0 fully saturated rings. The van der Waals surface area contributed by atoms with Gasteiger partial charge in [-0.15, -0.1) is 0 Å². The molecule has 3 aromatic rings. The Labute approximate surface area is 160 Å². The van der Waals surface area contributed by atoms with Crippen molar-refractivity contribution in [2.45, 2.75) is 13.5 Å². The molecule has 7 heteroatoms. The van der Waals surface area contributed by atoms with Gasteiger partial charge in [-0.1, -0.05) is 35.3 Å². The number of pyridine rings is 2. The molecule has 0 aliphatic carbocycles. The Morgan fingerprint density at radius 3 is 2.73 bits per heavy atom. The van der Waals surface area contributed by atoms with Crippen LogP contribution >= 0.6 is 23.2 Å². The van der Waals surface area contributed by atoms with E-state index < -0.39 is 11.5 Å². The Morgan fingerprint density at radius 2 is 2.00 bits per heavy atom. The van der Waals surface area contributed by atoms with Gasteiger partial charge in [-0.3, -0.25) is 9.59 Å². The van der Waals surface area contributed by atoms with Crippen LogP contribution in [0.15, 0.2) is 59.7 Å². The van der Waals surface area contributed by atoms with Crippen LogP contribution in [0.2, 0.25) is 10.0 Å². The number of nitrogens with one attached hydrogen (secondary N) is 1. The molecular weight excluding hydrogens is 373 g/mol. The smallest absolute Gasteiger partial charge is 0.263 e. The highest BCUT2D eigenvalue weighted by Gasteiger charge is 2.14. The highest BCUT2D eigenvalue weighted by atomic mass is 35.5. The summed E-state index contributed by atoms with van der Waals surface area (Å²) >= 11 is 12.1. The maximum absolute atomic E-state index is 12.7. The van der Waals surface area contributed by atoms with Gasteiger partial charge in [0.25, 0.3) is 11.5 Å². The van der Waals surface area contributed by atoms with Gasteiger partial charge in [0, 0.05) is 22.4 Å². The summed E-state index contributed by atoms with van der Waals surface area (Å²) in [5.74, 6) is -0.0820. The minimum Gasteiger partial charge on any atom is -0.310 e. The third kappa shape index (κ3) is 3.95. The van der Waals surface area contributed by atoms with Gasteiger partial charge in [-0.2, -0.15) is 0 Å². The van der Waals surface area contributed by atoms with Crippen LogP contribution in [-0.2, 0) is 6.54 Å². The number of rotatable bonds is 4. The molecule has 1 amide bonds. The lowest BCUT2D eigenvalue weighted by atomic mass is 10.2. The fourth-order valence-electron chi connectivity index (χ4n) is 2.46. The summed E-state index contributed by atoms with van der Waals surface area (Å²) in [4.78, 5) is 29.3. The number of aromatic nitrogens is 2. The number of halogens is 2. The zero-order valence-corrected chi connectivity index (χ0v) is 15.4. The highest BCUT2D eigenvalue weighted by molar-refractivity contribution is 6.35. The van der Waals surface area contributed by atoms with Crippen LogP contribution in [-0.4, -0.2) is 15.5 Å². The molecule has 1 N–H and O–H groups in total. The summed E-state index contributed by atoms with van der Waals surface area (Å²) in [6.45, 7) is 2.06. The monoisotopic (exact) mass is 387 g/mol. The van der Waals surface area contributed by atoms with Crippen LogP contribution in [0.5, 0.6) is 0 Å². The molecule has 0 saturated carbocycles. The first-order valence-corrected chi connectivity index (χ1v) is 8.57. The predicted molar refractivity (Wildman–Crippen MR) is 103 cm³/mol. The second kappa shape index (κ2) is 7.72. The van der Waals surface area contributed by atoms with E-state index >= 15 is 0 Å². The number of aryl methyl sites for hydroxylation is 1. The molecule has 26 heavy (non-hydrogen) atoms. The lowest BCUT2D eigenvalue weighted by Crippen LogP contribution is -2.29. The van der Waals surface area contributed by atoms with Crippen molar-refractivity contribution in [3.05, 3.63) is 91.9 Å². The van der Waals surface area contributed by atoms with Gasteiger partial charge in [0.2, 0.25) is 0 Å².